The number of hydrogen-bond donors (Lipinski definition) is 0. The summed E-state index contributed by atoms with van der Waals surface area (Å²) in [4.78, 5) is 0. The predicted octanol–water partition coefficient (Wildman–Crippen LogP) is 2.75. The van der Waals surface area contributed by atoms with Crippen LogP contribution >= 0.6 is 0 Å². The Morgan fingerprint density at radius 2 is 1.44 bits per heavy atom. The van der Waals surface area contributed by atoms with Crippen LogP contribution in [0.3, 0.4) is 0 Å². The molecule has 4 heteroatoms. The molecule has 4 bridgehead atoms. The molecule has 0 amide bonds. The summed E-state index contributed by atoms with van der Waals surface area (Å²) in [6.45, 7) is 0. The fourth-order valence-electron chi connectivity index (χ4n) is 4.79. The van der Waals surface area contributed by atoms with Crippen molar-refractivity contribution in [3.05, 3.63) is 0 Å². The third-order valence-corrected chi connectivity index (χ3v) is 5.84. The molecule has 4 rings (SSSR count). The summed E-state index contributed by atoms with van der Waals surface area (Å²) in [6, 6.07) is 0. The van der Waals surface area contributed by atoms with Crippen LogP contribution in [0.15, 0.2) is 0 Å². The van der Waals surface area contributed by atoms with E-state index in [1.165, 1.54) is 32.1 Å². The minimum Gasteiger partial charge on any atom is -0.195 e. The van der Waals surface area contributed by atoms with E-state index < -0.39 is 10.2 Å². The highest BCUT2D eigenvalue weighted by Crippen LogP contribution is 2.57. The van der Waals surface area contributed by atoms with Crippen LogP contribution in [0.4, 0.5) is 3.89 Å². The lowest BCUT2D eigenvalue weighted by Gasteiger charge is -2.54. The maximum atomic E-state index is 12.6. The van der Waals surface area contributed by atoms with Gasteiger partial charge in [-0.3, -0.25) is 0 Å². The second kappa shape index (κ2) is 3.69. The molecule has 4 saturated carbocycles. The highest BCUT2D eigenvalue weighted by atomic mass is 32.3. The Labute approximate surface area is 96.8 Å². The summed E-state index contributed by atoms with van der Waals surface area (Å²) in [7, 11) is -4.26. The van der Waals surface area contributed by atoms with Crippen molar-refractivity contribution in [1.29, 1.82) is 0 Å². The maximum absolute atomic E-state index is 12.6. The highest BCUT2D eigenvalue weighted by molar-refractivity contribution is 7.86. The van der Waals surface area contributed by atoms with Gasteiger partial charge in [0.25, 0.3) is 0 Å². The Morgan fingerprint density at radius 3 is 1.88 bits per heavy atom. The Balaban J connectivity index is 1.68. The average molecular weight is 246 g/mol. The first kappa shape index (κ1) is 11.0. The minimum atomic E-state index is -4.26. The van der Waals surface area contributed by atoms with Crippen LogP contribution in [0.25, 0.3) is 0 Å². The van der Waals surface area contributed by atoms with E-state index in [0.29, 0.717) is 24.2 Å². The van der Waals surface area contributed by atoms with Gasteiger partial charge in [0, 0.05) is 0 Å². The molecule has 0 unspecified atom stereocenters. The van der Waals surface area contributed by atoms with E-state index in [9.17, 15) is 12.3 Å². The molecular formula is C12H19FO2S. The van der Waals surface area contributed by atoms with Gasteiger partial charge in [0.2, 0.25) is 0 Å². The zero-order valence-corrected chi connectivity index (χ0v) is 10.3. The van der Waals surface area contributed by atoms with E-state index in [2.05, 4.69) is 0 Å². The van der Waals surface area contributed by atoms with Gasteiger partial charge in [-0.1, -0.05) is 0 Å². The van der Waals surface area contributed by atoms with Crippen LogP contribution in [0.1, 0.15) is 38.5 Å². The van der Waals surface area contributed by atoms with Gasteiger partial charge in [0.05, 0.1) is 5.75 Å². The molecular weight excluding hydrogens is 227 g/mol. The van der Waals surface area contributed by atoms with Crippen LogP contribution in [0, 0.1) is 29.6 Å². The van der Waals surface area contributed by atoms with Crippen LogP contribution < -0.4 is 0 Å². The van der Waals surface area contributed by atoms with Crippen LogP contribution in [0.5, 0.6) is 0 Å². The van der Waals surface area contributed by atoms with Crippen LogP contribution in [-0.4, -0.2) is 14.2 Å². The first-order valence-corrected chi connectivity index (χ1v) is 7.99. The zero-order valence-electron chi connectivity index (χ0n) is 9.44. The molecule has 4 fully saturated rings. The Kier molecular flexibility index (Phi) is 2.54. The predicted molar refractivity (Wildman–Crippen MR) is 60.0 cm³/mol. The first-order valence-electron chi connectivity index (χ1n) is 6.43. The molecule has 0 aromatic carbocycles. The van der Waals surface area contributed by atoms with Crippen molar-refractivity contribution in [2.45, 2.75) is 38.5 Å². The molecule has 0 saturated heterocycles. The summed E-state index contributed by atoms with van der Waals surface area (Å²) in [6.07, 6.45) is 7.09. The topological polar surface area (TPSA) is 34.1 Å². The van der Waals surface area contributed by atoms with Crippen LogP contribution in [-0.2, 0) is 10.2 Å². The van der Waals surface area contributed by atoms with E-state index in [1.54, 1.807) is 0 Å². The normalized spacial score (nSPS) is 46.2. The quantitative estimate of drug-likeness (QED) is 0.718. The molecule has 2 nitrogen and oxygen atoms in total. The molecule has 0 aliphatic heterocycles. The number of rotatable bonds is 3. The summed E-state index contributed by atoms with van der Waals surface area (Å²) in [5.41, 5.74) is 0. The molecule has 0 heterocycles. The molecule has 92 valence electrons. The molecule has 4 aliphatic rings. The van der Waals surface area contributed by atoms with Crippen LogP contribution in [0.2, 0.25) is 0 Å². The lowest BCUT2D eigenvalue weighted by molar-refractivity contribution is -0.0373. The Morgan fingerprint density at radius 1 is 0.938 bits per heavy atom. The molecule has 0 aromatic rings. The van der Waals surface area contributed by atoms with Crippen molar-refractivity contribution in [3.8, 4) is 0 Å². The van der Waals surface area contributed by atoms with E-state index in [1.807, 2.05) is 0 Å². The Hall–Kier alpha value is -0.120. The van der Waals surface area contributed by atoms with Gasteiger partial charge in [0.1, 0.15) is 0 Å². The first-order chi connectivity index (χ1) is 7.51. The number of halogens is 1. The highest BCUT2D eigenvalue weighted by Gasteiger charge is 2.47. The van der Waals surface area contributed by atoms with Crippen molar-refractivity contribution in [2.24, 2.45) is 29.6 Å². The molecule has 0 aromatic heterocycles. The summed E-state index contributed by atoms with van der Waals surface area (Å²) >= 11 is 0. The largest absolute Gasteiger partial charge is 0.302 e. The fraction of sp³-hybridized carbons (Fsp3) is 1.00. The lowest BCUT2D eigenvalue weighted by atomic mass is 9.51. The Bertz CT molecular complexity index is 348. The molecule has 16 heavy (non-hydrogen) atoms. The summed E-state index contributed by atoms with van der Waals surface area (Å²) in [5.74, 6) is 3.47. The van der Waals surface area contributed by atoms with Crippen molar-refractivity contribution in [2.75, 3.05) is 5.75 Å². The van der Waals surface area contributed by atoms with Gasteiger partial charge < -0.3 is 0 Å². The standard InChI is InChI=1S/C12H19FO2S/c13-16(14,15)2-1-12-10-4-8-3-9(6-10)7-11(12)5-8/h8-12H,1-7H2. The van der Waals surface area contributed by atoms with Gasteiger partial charge in [-0.15, -0.1) is 3.89 Å². The molecule has 4 aliphatic carbocycles. The van der Waals surface area contributed by atoms with Gasteiger partial charge in [0.15, 0.2) is 0 Å². The van der Waals surface area contributed by atoms with E-state index >= 15 is 0 Å². The maximum Gasteiger partial charge on any atom is 0.302 e. The fourth-order valence-corrected chi connectivity index (χ4v) is 5.34. The molecule has 0 radical (unpaired) electrons. The monoisotopic (exact) mass is 246 g/mol. The molecule has 0 spiro atoms. The second-order valence-corrected chi connectivity index (χ2v) is 7.61. The average Bonchev–Trinajstić information content (AvgIpc) is 2.13. The van der Waals surface area contributed by atoms with Gasteiger partial charge in [-0.05, 0) is 68.1 Å². The van der Waals surface area contributed by atoms with E-state index in [4.69, 9.17) is 0 Å². The van der Waals surface area contributed by atoms with Crippen molar-refractivity contribution in [1.82, 2.24) is 0 Å². The van der Waals surface area contributed by atoms with Crippen molar-refractivity contribution >= 4 is 10.2 Å². The van der Waals surface area contributed by atoms with Gasteiger partial charge in [-0.25, -0.2) is 0 Å². The lowest BCUT2D eigenvalue weighted by Crippen LogP contribution is -2.45. The molecule has 0 N–H and O–H groups in total. The smallest absolute Gasteiger partial charge is 0.195 e. The van der Waals surface area contributed by atoms with E-state index in [0.717, 1.165) is 11.8 Å². The van der Waals surface area contributed by atoms with E-state index in [-0.39, 0.29) is 5.75 Å². The SMILES string of the molecule is O=S(=O)(F)CCC1C2CC3CC(C2)CC1C3. The third-order valence-electron chi connectivity index (χ3n) is 5.12. The summed E-state index contributed by atoms with van der Waals surface area (Å²) in [5, 5.41) is 0. The summed E-state index contributed by atoms with van der Waals surface area (Å²) < 4.78 is 33.8. The van der Waals surface area contributed by atoms with Crippen molar-refractivity contribution < 1.29 is 12.3 Å². The van der Waals surface area contributed by atoms with Crippen molar-refractivity contribution in [3.63, 3.8) is 0 Å². The number of hydrogen-bond acceptors (Lipinski definition) is 2. The minimum absolute atomic E-state index is 0.250. The van der Waals surface area contributed by atoms with Gasteiger partial charge in [-0.2, -0.15) is 8.42 Å². The second-order valence-electron chi connectivity index (χ2n) is 6.13. The molecule has 0 atom stereocenters. The zero-order chi connectivity index (χ0) is 11.3. The van der Waals surface area contributed by atoms with Gasteiger partial charge >= 0.3 is 10.2 Å². The third kappa shape index (κ3) is 2.01.